The second-order valence-corrected chi connectivity index (χ2v) is 4.83. The largest absolute Gasteiger partial charge is 0.490 e. The van der Waals surface area contributed by atoms with E-state index < -0.39 is 0 Å². The number of Topliss-reactive ketones (excluding diaryl/α,β-unsaturated/α-hetero) is 1. The molecule has 0 bridgehead atoms. The number of benzene rings is 1. The fourth-order valence-corrected chi connectivity index (χ4v) is 1.81. The van der Waals surface area contributed by atoms with Crippen LogP contribution in [0.15, 0.2) is 18.2 Å². The Kier molecular flexibility index (Phi) is 4.74. The maximum absolute atomic E-state index is 11.7. The highest BCUT2D eigenvalue weighted by molar-refractivity contribution is 5.99. The molecule has 1 heterocycles. The lowest BCUT2D eigenvalue weighted by atomic mass is 10.1. The Morgan fingerprint density at radius 2 is 2.20 bits per heavy atom. The van der Waals surface area contributed by atoms with Gasteiger partial charge in [0.2, 0.25) is 5.91 Å². The van der Waals surface area contributed by atoms with E-state index in [1.807, 2.05) is 6.92 Å². The number of carbonyl (C=O) groups excluding carboxylic acids is 2. The van der Waals surface area contributed by atoms with E-state index in [0.717, 1.165) is 6.42 Å². The van der Waals surface area contributed by atoms with Crippen LogP contribution in [0.1, 0.15) is 37.0 Å². The average molecular weight is 277 g/mol. The van der Waals surface area contributed by atoms with Crippen LogP contribution in [0.5, 0.6) is 5.75 Å². The number of nitrogens with one attached hydrogen (secondary N) is 1. The van der Waals surface area contributed by atoms with Crippen molar-refractivity contribution in [2.75, 3.05) is 18.5 Å². The molecule has 1 saturated heterocycles. The van der Waals surface area contributed by atoms with Crippen molar-refractivity contribution in [1.82, 2.24) is 0 Å². The van der Waals surface area contributed by atoms with Crippen molar-refractivity contribution in [3.8, 4) is 5.75 Å². The summed E-state index contributed by atoms with van der Waals surface area (Å²) >= 11 is 0. The molecule has 1 amide bonds. The standard InChI is InChI=1S/C15H19NO4/c1-3-4-15(18)16-11-5-6-14(13(7-11)10(2)17)20-9-12-8-19-12/h5-7,12H,3-4,8-9H2,1-2H3,(H,16,18)/t12-/m1/s1. The summed E-state index contributed by atoms with van der Waals surface area (Å²) in [6.45, 7) is 4.58. The summed E-state index contributed by atoms with van der Waals surface area (Å²) in [5, 5.41) is 2.77. The van der Waals surface area contributed by atoms with Gasteiger partial charge in [0.05, 0.1) is 12.2 Å². The quantitative estimate of drug-likeness (QED) is 0.614. The van der Waals surface area contributed by atoms with Crippen LogP contribution in [0.4, 0.5) is 5.69 Å². The van der Waals surface area contributed by atoms with Gasteiger partial charge in [0.15, 0.2) is 5.78 Å². The smallest absolute Gasteiger partial charge is 0.224 e. The van der Waals surface area contributed by atoms with Gasteiger partial charge in [-0.1, -0.05) is 6.92 Å². The first-order valence-corrected chi connectivity index (χ1v) is 6.79. The number of ketones is 1. The number of amides is 1. The number of anilines is 1. The third kappa shape index (κ3) is 4.06. The Bertz CT molecular complexity index is 509. The van der Waals surface area contributed by atoms with E-state index in [9.17, 15) is 9.59 Å². The second-order valence-electron chi connectivity index (χ2n) is 4.83. The lowest BCUT2D eigenvalue weighted by molar-refractivity contribution is -0.116. The molecule has 0 unspecified atom stereocenters. The van der Waals surface area contributed by atoms with E-state index >= 15 is 0 Å². The maximum Gasteiger partial charge on any atom is 0.224 e. The number of carbonyl (C=O) groups is 2. The van der Waals surface area contributed by atoms with Crippen molar-refractivity contribution in [2.45, 2.75) is 32.8 Å². The van der Waals surface area contributed by atoms with Gasteiger partial charge in [-0.15, -0.1) is 0 Å². The average Bonchev–Trinajstić information content (AvgIpc) is 3.21. The summed E-state index contributed by atoms with van der Waals surface area (Å²) in [7, 11) is 0. The van der Waals surface area contributed by atoms with Gasteiger partial charge >= 0.3 is 0 Å². The minimum Gasteiger partial charge on any atom is -0.490 e. The van der Waals surface area contributed by atoms with Crippen molar-refractivity contribution in [1.29, 1.82) is 0 Å². The van der Waals surface area contributed by atoms with Gasteiger partial charge in [0.25, 0.3) is 0 Å². The zero-order valence-electron chi connectivity index (χ0n) is 11.8. The molecular formula is C15H19NO4. The monoisotopic (exact) mass is 277 g/mol. The summed E-state index contributed by atoms with van der Waals surface area (Å²) in [6.07, 6.45) is 1.39. The molecule has 5 nitrogen and oxygen atoms in total. The molecule has 1 aromatic rings. The first-order valence-electron chi connectivity index (χ1n) is 6.79. The molecule has 0 aromatic heterocycles. The van der Waals surface area contributed by atoms with Gasteiger partial charge in [-0.25, -0.2) is 0 Å². The Morgan fingerprint density at radius 3 is 2.80 bits per heavy atom. The lowest BCUT2D eigenvalue weighted by Gasteiger charge is -2.11. The highest BCUT2D eigenvalue weighted by Crippen LogP contribution is 2.25. The summed E-state index contributed by atoms with van der Waals surface area (Å²) in [6, 6.07) is 5.10. The zero-order valence-corrected chi connectivity index (χ0v) is 11.8. The highest BCUT2D eigenvalue weighted by Gasteiger charge is 2.24. The number of epoxide rings is 1. The molecule has 0 saturated carbocycles. The van der Waals surface area contributed by atoms with E-state index in [0.29, 0.717) is 36.6 Å². The van der Waals surface area contributed by atoms with Crippen LogP contribution in [0.3, 0.4) is 0 Å². The van der Waals surface area contributed by atoms with Crippen molar-refractivity contribution >= 4 is 17.4 Å². The van der Waals surface area contributed by atoms with Gasteiger partial charge in [0.1, 0.15) is 18.5 Å². The number of ether oxygens (including phenoxy) is 2. The topological polar surface area (TPSA) is 67.9 Å². The van der Waals surface area contributed by atoms with E-state index in [1.54, 1.807) is 18.2 Å². The minimum atomic E-state index is -0.0942. The predicted molar refractivity (Wildman–Crippen MR) is 75.2 cm³/mol. The van der Waals surface area contributed by atoms with Crippen LogP contribution in [0.25, 0.3) is 0 Å². The van der Waals surface area contributed by atoms with Gasteiger partial charge in [-0.3, -0.25) is 9.59 Å². The normalized spacial score (nSPS) is 16.6. The van der Waals surface area contributed by atoms with Crippen LogP contribution in [0, 0.1) is 0 Å². The second kappa shape index (κ2) is 6.52. The fourth-order valence-electron chi connectivity index (χ4n) is 1.81. The Morgan fingerprint density at radius 1 is 1.45 bits per heavy atom. The number of hydrogen-bond donors (Lipinski definition) is 1. The SMILES string of the molecule is CCCC(=O)Nc1ccc(OC[C@H]2CO2)c(C(C)=O)c1. The van der Waals surface area contributed by atoms with Crippen LogP contribution in [0.2, 0.25) is 0 Å². The van der Waals surface area contributed by atoms with E-state index in [4.69, 9.17) is 9.47 Å². The molecule has 1 aromatic carbocycles. The molecule has 1 N–H and O–H groups in total. The van der Waals surface area contributed by atoms with Gasteiger partial charge in [-0.05, 0) is 31.5 Å². The molecule has 1 aliphatic heterocycles. The molecule has 5 heteroatoms. The van der Waals surface area contributed by atoms with Crippen LogP contribution >= 0.6 is 0 Å². The van der Waals surface area contributed by atoms with E-state index in [2.05, 4.69) is 5.32 Å². The van der Waals surface area contributed by atoms with Crippen molar-refractivity contribution in [2.24, 2.45) is 0 Å². The first kappa shape index (κ1) is 14.5. The first-order chi connectivity index (χ1) is 9.60. The highest BCUT2D eigenvalue weighted by atomic mass is 16.6. The molecule has 20 heavy (non-hydrogen) atoms. The molecule has 0 radical (unpaired) electrons. The zero-order chi connectivity index (χ0) is 14.5. The van der Waals surface area contributed by atoms with Crippen LogP contribution in [-0.4, -0.2) is 31.0 Å². The summed E-state index contributed by atoms with van der Waals surface area (Å²) in [5.41, 5.74) is 1.09. The molecule has 108 valence electrons. The Balaban J connectivity index is 2.09. The summed E-state index contributed by atoms with van der Waals surface area (Å²) in [4.78, 5) is 23.2. The lowest BCUT2D eigenvalue weighted by Crippen LogP contribution is -2.12. The van der Waals surface area contributed by atoms with Crippen molar-refractivity contribution in [3.63, 3.8) is 0 Å². The third-order valence-corrected chi connectivity index (χ3v) is 2.95. The van der Waals surface area contributed by atoms with E-state index in [1.165, 1.54) is 6.92 Å². The van der Waals surface area contributed by atoms with E-state index in [-0.39, 0.29) is 17.8 Å². The molecule has 1 fully saturated rings. The third-order valence-electron chi connectivity index (χ3n) is 2.95. The van der Waals surface area contributed by atoms with Gasteiger partial charge in [0, 0.05) is 12.1 Å². The predicted octanol–water partition coefficient (Wildman–Crippen LogP) is 2.41. The molecule has 0 spiro atoms. The van der Waals surface area contributed by atoms with Crippen LogP contribution in [-0.2, 0) is 9.53 Å². The summed E-state index contributed by atoms with van der Waals surface area (Å²) < 4.78 is 10.6. The maximum atomic E-state index is 11.7. The molecule has 2 rings (SSSR count). The molecular weight excluding hydrogens is 258 g/mol. The fraction of sp³-hybridized carbons (Fsp3) is 0.467. The molecule has 1 aliphatic rings. The molecule has 0 aliphatic carbocycles. The Labute approximate surface area is 118 Å². The Hall–Kier alpha value is -1.88. The van der Waals surface area contributed by atoms with Crippen LogP contribution < -0.4 is 10.1 Å². The van der Waals surface area contributed by atoms with Gasteiger partial charge in [-0.2, -0.15) is 0 Å². The van der Waals surface area contributed by atoms with Gasteiger partial charge < -0.3 is 14.8 Å². The van der Waals surface area contributed by atoms with Crippen molar-refractivity contribution in [3.05, 3.63) is 23.8 Å². The minimum absolute atomic E-state index is 0.0537. The van der Waals surface area contributed by atoms with Crippen molar-refractivity contribution < 1.29 is 19.1 Å². The number of rotatable bonds is 7. The summed E-state index contributed by atoms with van der Waals surface area (Å²) in [5.74, 6) is 0.381. The molecule has 1 atom stereocenters. The number of hydrogen-bond acceptors (Lipinski definition) is 4.